The quantitative estimate of drug-likeness (QED) is 0.908. The Kier molecular flexibility index (Phi) is 4.73. The normalized spacial score (nSPS) is 21.5. The molecule has 2 atom stereocenters. The molecule has 4 rings (SSSR count). The van der Waals surface area contributed by atoms with E-state index < -0.39 is 0 Å². The minimum Gasteiger partial charge on any atom is -0.353 e. The molecule has 2 aromatic carbocycles. The maximum atomic E-state index is 13.6. The van der Waals surface area contributed by atoms with Crippen LogP contribution in [0.3, 0.4) is 0 Å². The van der Waals surface area contributed by atoms with Crippen LogP contribution >= 0.6 is 0 Å². The average molecular weight is 362 g/mol. The molecule has 0 radical (unpaired) electrons. The van der Waals surface area contributed by atoms with E-state index in [9.17, 15) is 9.59 Å². The SMILES string of the molecule is CC[C@@H]1CN(C(=O)C2c3ccccc3-c3ccccc32)CC[C@@H]1NC(C)=O. The Balaban J connectivity index is 1.61. The summed E-state index contributed by atoms with van der Waals surface area (Å²) in [5.74, 6) is 0.287. The van der Waals surface area contributed by atoms with E-state index in [0.29, 0.717) is 19.0 Å². The summed E-state index contributed by atoms with van der Waals surface area (Å²) in [5, 5.41) is 3.07. The predicted octanol–water partition coefficient (Wildman–Crippen LogP) is 3.56. The molecule has 2 amide bonds. The third-order valence-electron chi connectivity index (χ3n) is 6.04. The van der Waals surface area contributed by atoms with Gasteiger partial charge in [0.1, 0.15) is 0 Å². The zero-order chi connectivity index (χ0) is 19.0. The largest absolute Gasteiger partial charge is 0.353 e. The summed E-state index contributed by atoms with van der Waals surface area (Å²) >= 11 is 0. The van der Waals surface area contributed by atoms with E-state index in [1.807, 2.05) is 29.2 Å². The number of likely N-dealkylation sites (tertiary alicyclic amines) is 1. The molecular formula is C23H26N2O2. The molecule has 2 aliphatic rings. The van der Waals surface area contributed by atoms with Gasteiger partial charge in [-0.2, -0.15) is 0 Å². The molecule has 1 heterocycles. The lowest BCUT2D eigenvalue weighted by molar-refractivity contribution is -0.134. The number of benzene rings is 2. The molecule has 4 heteroatoms. The molecule has 0 aromatic heterocycles. The Morgan fingerprint density at radius 2 is 1.63 bits per heavy atom. The van der Waals surface area contributed by atoms with Crippen LogP contribution < -0.4 is 5.32 Å². The molecule has 1 aliphatic heterocycles. The topological polar surface area (TPSA) is 49.4 Å². The highest BCUT2D eigenvalue weighted by Crippen LogP contribution is 2.45. The number of nitrogens with zero attached hydrogens (tertiary/aromatic N) is 1. The first-order valence-corrected chi connectivity index (χ1v) is 9.84. The van der Waals surface area contributed by atoms with Crippen molar-refractivity contribution in [2.24, 2.45) is 5.92 Å². The smallest absolute Gasteiger partial charge is 0.234 e. The van der Waals surface area contributed by atoms with Crippen molar-refractivity contribution in [2.45, 2.75) is 38.6 Å². The Labute approximate surface area is 160 Å². The number of amides is 2. The molecule has 1 aliphatic carbocycles. The Bertz CT molecular complexity index is 831. The molecule has 140 valence electrons. The van der Waals surface area contributed by atoms with E-state index >= 15 is 0 Å². The van der Waals surface area contributed by atoms with Crippen LogP contribution in [0.25, 0.3) is 11.1 Å². The van der Waals surface area contributed by atoms with Crippen molar-refractivity contribution in [1.82, 2.24) is 10.2 Å². The van der Waals surface area contributed by atoms with Crippen molar-refractivity contribution in [3.8, 4) is 11.1 Å². The summed E-state index contributed by atoms with van der Waals surface area (Å²) in [4.78, 5) is 27.0. The second-order valence-corrected chi connectivity index (χ2v) is 7.66. The summed E-state index contributed by atoms with van der Waals surface area (Å²) in [6.07, 6.45) is 1.77. The Hall–Kier alpha value is -2.62. The number of nitrogens with one attached hydrogen (secondary N) is 1. The number of carbonyl (C=O) groups is 2. The molecule has 0 unspecified atom stereocenters. The third-order valence-corrected chi connectivity index (χ3v) is 6.04. The molecule has 1 fully saturated rings. The van der Waals surface area contributed by atoms with Gasteiger partial charge >= 0.3 is 0 Å². The summed E-state index contributed by atoms with van der Waals surface area (Å²) < 4.78 is 0. The van der Waals surface area contributed by atoms with Crippen LogP contribution in [-0.4, -0.2) is 35.8 Å². The second kappa shape index (κ2) is 7.18. The van der Waals surface area contributed by atoms with Gasteiger partial charge in [-0.15, -0.1) is 0 Å². The number of fused-ring (bicyclic) bond motifs is 3. The number of hydrogen-bond donors (Lipinski definition) is 1. The molecule has 2 aromatic rings. The van der Waals surface area contributed by atoms with Crippen LogP contribution in [0.15, 0.2) is 48.5 Å². The van der Waals surface area contributed by atoms with Gasteiger partial charge in [-0.25, -0.2) is 0 Å². The standard InChI is InChI=1S/C23H26N2O2/c1-3-16-14-25(13-12-21(16)24-15(2)26)23(27)22-19-10-6-4-8-17(19)18-9-5-7-11-20(18)22/h4-11,16,21-22H,3,12-14H2,1-2H3,(H,24,26)/t16-,21+/m1/s1. The van der Waals surface area contributed by atoms with Crippen LogP contribution in [0.1, 0.15) is 43.7 Å². The number of piperidine rings is 1. The minimum atomic E-state index is -0.216. The summed E-state index contributed by atoms with van der Waals surface area (Å²) in [5.41, 5.74) is 4.57. The highest BCUT2D eigenvalue weighted by Gasteiger charge is 2.38. The molecule has 1 saturated heterocycles. The van der Waals surface area contributed by atoms with Crippen LogP contribution in [0.2, 0.25) is 0 Å². The van der Waals surface area contributed by atoms with E-state index in [0.717, 1.165) is 24.0 Å². The lowest BCUT2D eigenvalue weighted by Crippen LogP contribution is -2.52. The molecule has 0 spiro atoms. The van der Waals surface area contributed by atoms with Crippen LogP contribution in [0, 0.1) is 5.92 Å². The fourth-order valence-electron chi connectivity index (χ4n) is 4.70. The summed E-state index contributed by atoms with van der Waals surface area (Å²) in [6, 6.07) is 16.7. The van der Waals surface area contributed by atoms with Crippen LogP contribution in [0.4, 0.5) is 0 Å². The first-order chi connectivity index (χ1) is 13.1. The highest BCUT2D eigenvalue weighted by molar-refractivity contribution is 5.96. The molecule has 1 N–H and O–H groups in total. The zero-order valence-electron chi connectivity index (χ0n) is 15.9. The van der Waals surface area contributed by atoms with E-state index in [2.05, 4.69) is 36.5 Å². The molecular weight excluding hydrogens is 336 g/mol. The van der Waals surface area contributed by atoms with Gasteiger partial charge < -0.3 is 10.2 Å². The van der Waals surface area contributed by atoms with Crippen molar-refractivity contribution in [1.29, 1.82) is 0 Å². The minimum absolute atomic E-state index is 0.0110. The maximum absolute atomic E-state index is 13.6. The fourth-order valence-corrected chi connectivity index (χ4v) is 4.70. The van der Waals surface area contributed by atoms with Crippen molar-refractivity contribution >= 4 is 11.8 Å². The first-order valence-electron chi connectivity index (χ1n) is 9.84. The maximum Gasteiger partial charge on any atom is 0.234 e. The molecule has 27 heavy (non-hydrogen) atoms. The van der Waals surface area contributed by atoms with Gasteiger partial charge in [0.15, 0.2) is 0 Å². The van der Waals surface area contributed by atoms with Gasteiger partial charge in [0.05, 0.1) is 5.92 Å². The van der Waals surface area contributed by atoms with Crippen molar-refractivity contribution in [3.05, 3.63) is 59.7 Å². The Morgan fingerprint density at radius 3 is 2.19 bits per heavy atom. The van der Waals surface area contributed by atoms with Crippen molar-refractivity contribution in [3.63, 3.8) is 0 Å². The third kappa shape index (κ3) is 3.14. The molecule has 4 nitrogen and oxygen atoms in total. The van der Waals surface area contributed by atoms with E-state index in [1.165, 1.54) is 11.1 Å². The van der Waals surface area contributed by atoms with Gasteiger partial charge in [0, 0.05) is 26.1 Å². The molecule has 0 bridgehead atoms. The van der Waals surface area contributed by atoms with Crippen molar-refractivity contribution < 1.29 is 9.59 Å². The fraction of sp³-hybridized carbons (Fsp3) is 0.391. The van der Waals surface area contributed by atoms with Gasteiger partial charge in [0.2, 0.25) is 11.8 Å². The monoisotopic (exact) mass is 362 g/mol. The van der Waals surface area contributed by atoms with Gasteiger partial charge in [-0.05, 0) is 41.0 Å². The van der Waals surface area contributed by atoms with Crippen LogP contribution in [0.5, 0.6) is 0 Å². The number of carbonyl (C=O) groups excluding carboxylic acids is 2. The number of rotatable bonds is 3. The number of hydrogen-bond acceptors (Lipinski definition) is 2. The van der Waals surface area contributed by atoms with Crippen molar-refractivity contribution in [2.75, 3.05) is 13.1 Å². The Morgan fingerprint density at radius 1 is 1.04 bits per heavy atom. The zero-order valence-corrected chi connectivity index (χ0v) is 15.9. The second-order valence-electron chi connectivity index (χ2n) is 7.66. The van der Waals surface area contributed by atoms with E-state index in [-0.39, 0.29) is 23.8 Å². The van der Waals surface area contributed by atoms with E-state index in [1.54, 1.807) is 6.92 Å². The lowest BCUT2D eigenvalue weighted by Gasteiger charge is -2.39. The van der Waals surface area contributed by atoms with Gasteiger partial charge in [0.25, 0.3) is 0 Å². The summed E-state index contributed by atoms with van der Waals surface area (Å²) in [7, 11) is 0. The van der Waals surface area contributed by atoms with Gasteiger partial charge in [-0.1, -0.05) is 55.5 Å². The molecule has 0 saturated carbocycles. The van der Waals surface area contributed by atoms with E-state index in [4.69, 9.17) is 0 Å². The van der Waals surface area contributed by atoms with Crippen LogP contribution in [-0.2, 0) is 9.59 Å². The average Bonchev–Trinajstić information content (AvgIpc) is 3.02. The first kappa shape index (κ1) is 17.8. The van der Waals surface area contributed by atoms with Gasteiger partial charge in [-0.3, -0.25) is 9.59 Å². The summed E-state index contributed by atoms with van der Waals surface area (Å²) in [6.45, 7) is 5.10. The predicted molar refractivity (Wildman–Crippen MR) is 106 cm³/mol. The highest BCUT2D eigenvalue weighted by atomic mass is 16.2. The lowest BCUT2D eigenvalue weighted by atomic mass is 9.88.